The van der Waals surface area contributed by atoms with Gasteiger partial charge in [-0.1, -0.05) is 19.1 Å². The molecule has 26 heavy (non-hydrogen) atoms. The first-order valence-corrected chi connectivity index (χ1v) is 8.92. The van der Waals surface area contributed by atoms with Crippen LogP contribution in [0.4, 0.5) is 0 Å². The molecule has 1 aliphatic heterocycles. The lowest BCUT2D eigenvalue weighted by Gasteiger charge is -2.26. The van der Waals surface area contributed by atoms with Gasteiger partial charge in [-0.05, 0) is 49.1 Å². The SMILES string of the molecule is CCC(NC(=O)C1CCCN1C(=O)c1ccco1)c1ccc(OC)cc1. The molecule has 2 aromatic rings. The first kappa shape index (κ1) is 18.0. The fraction of sp³-hybridized carbons (Fsp3) is 0.400. The summed E-state index contributed by atoms with van der Waals surface area (Å²) in [5.74, 6) is 0.697. The van der Waals surface area contributed by atoms with E-state index in [4.69, 9.17) is 9.15 Å². The number of methoxy groups -OCH3 is 1. The number of carbonyl (C=O) groups excluding carboxylic acids is 2. The summed E-state index contributed by atoms with van der Waals surface area (Å²) < 4.78 is 10.4. The Morgan fingerprint density at radius 2 is 2.08 bits per heavy atom. The molecule has 0 radical (unpaired) electrons. The van der Waals surface area contributed by atoms with Gasteiger partial charge in [0.2, 0.25) is 5.91 Å². The van der Waals surface area contributed by atoms with E-state index in [9.17, 15) is 9.59 Å². The number of rotatable bonds is 6. The minimum absolute atomic E-state index is 0.102. The van der Waals surface area contributed by atoms with Gasteiger partial charge in [0.15, 0.2) is 5.76 Å². The Hall–Kier alpha value is -2.76. The van der Waals surface area contributed by atoms with Crippen LogP contribution in [0.1, 0.15) is 48.3 Å². The molecule has 2 heterocycles. The van der Waals surface area contributed by atoms with Crippen LogP contribution in [0.5, 0.6) is 5.75 Å². The van der Waals surface area contributed by atoms with Crippen LogP contribution in [0.3, 0.4) is 0 Å². The molecule has 1 fully saturated rings. The minimum Gasteiger partial charge on any atom is -0.497 e. The molecule has 138 valence electrons. The number of hydrogen-bond donors (Lipinski definition) is 1. The van der Waals surface area contributed by atoms with Crippen LogP contribution in [0.25, 0.3) is 0 Å². The highest BCUT2D eigenvalue weighted by Crippen LogP contribution is 2.24. The number of likely N-dealkylation sites (tertiary alicyclic amines) is 1. The second-order valence-corrected chi connectivity index (χ2v) is 6.38. The van der Waals surface area contributed by atoms with E-state index in [1.54, 1.807) is 24.1 Å². The Labute approximate surface area is 153 Å². The molecule has 0 bridgehead atoms. The Bertz CT molecular complexity index is 740. The summed E-state index contributed by atoms with van der Waals surface area (Å²) in [6.07, 6.45) is 3.70. The average Bonchev–Trinajstić information content (AvgIpc) is 3.37. The molecular formula is C20H24N2O4. The van der Waals surface area contributed by atoms with Crippen LogP contribution in [-0.4, -0.2) is 36.4 Å². The predicted octanol–water partition coefficient (Wildman–Crippen LogP) is 3.16. The summed E-state index contributed by atoms with van der Waals surface area (Å²) in [7, 11) is 1.62. The van der Waals surface area contributed by atoms with Crippen molar-refractivity contribution in [1.82, 2.24) is 10.2 Å². The lowest BCUT2D eigenvalue weighted by molar-refractivity contribution is -0.125. The summed E-state index contributed by atoms with van der Waals surface area (Å²) >= 11 is 0. The maximum Gasteiger partial charge on any atom is 0.290 e. The van der Waals surface area contributed by atoms with Crippen molar-refractivity contribution >= 4 is 11.8 Å². The van der Waals surface area contributed by atoms with Crippen LogP contribution in [0.15, 0.2) is 47.1 Å². The molecule has 1 saturated heterocycles. The van der Waals surface area contributed by atoms with Gasteiger partial charge in [0.25, 0.3) is 5.91 Å². The maximum absolute atomic E-state index is 12.8. The fourth-order valence-electron chi connectivity index (χ4n) is 3.35. The van der Waals surface area contributed by atoms with Gasteiger partial charge in [-0.25, -0.2) is 0 Å². The molecule has 6 heteroatoms. The first-order valence-electron chi connectivity index (χ1n) is 8.92. The lowest BCUT2D eigenvalue weighted by atomic mass is 10.0. The number of hydrogen-bond acceptors (Lipinski definition) is 4. The molecular weight excluding hydrogens is 332 g/mol. The largest absolute Gasteiger partial charge is 0.497 e. The predicted molar refractivity (Wildman–Crippen MR) is 96.9 cm³/mol. The molecule has 2 amide bonds. The molecule has 0 aliphatic carbocycles. The average molecular weight is 356 g/mol. The third kappa shape index (κ3) is 3.74. The minimum atomic E-state index is -0.458. The molecule has 2 unspecified atom stereocenters. The Kier molecular flexibility index (Phi) is 5.61. The van der Waals surface area contributed by atoms with E-state index in [1.165, 1.54) is 6.26 Å². The zero-order chi connectivity index (χ0) is 18.5. The smallest absolute Gasteiger partial charge is 0.290 e. The highest BCUT2D eigenvalue weighted by Gasteiger charge is 2.36. The number of ether oxygens (including phenoxy) is 1. The van der Waals surface area contributed by atoms with Gasteiger partial charge in [0.05, 0.1) is 19.4 Å². The zero-order valence-electron chi connectivity index (χ0n) is 15.1. The van der Waals surface area contributed by atoms with E-state index in [0.29, 0.717) is 13.0 Å². The molecule has 6 nitrogen and oxygen atoms in total. The van der Waals surface area contributed by atoms with Crippen molar-refractivity contribution in [2.24, 2.45) is 0 Å². The van der Waals surface area contributed by atoms with Crippen molar-refractivity contribution in [3.63, 3.8) is 0 Å². The molecule has 0 saturated carbocycles. The fourth-order valence-corrected chi connectivity index (χ4v) is 3.35. The summed E-state index contributed by atoms with van der Waals surface area (Å²) in [4.78, 5) is 27.0. The molecule has 1 N–H and O–H groups in total. The van der Waals surface area contributed by atoms with Crippen molar-refractivity contribution < 1.29 is 18.7 Å². The van der Waals surface area contributed by atoms with E-state index in [0.717, 1.165) is 24.2 Å². The number of benzene rings is 1. The van der Waals surface area contributed by atoms with Gasteiger partial charge in [-0.15, -0.1) is 0 Å². The summed E-state index contributed by atoms with van der Waals surface area (Å²) in [6, 6.07) is 10.4. The van der Waals surface area contributed by atoms with Gasteiger partial charge in [0, 0.05) is 6.54 Å². The summed E-state index contributed by atoms with van der Waals surface area (Å²) in [5, 5.41) is 3.09. The number of carbonyl (C=O) groups is 2. The van der Waals surface area contributed by atoms with Gasteiger partial charge in [0.1, 0.15) is 11.8 Å². The maximum atomic E-state index is 12.8. The van der Waals surface area contributed by atoms with E-state index < -0.39 is 6.04 Å². The highest BCUT2D eigenvalue weighted by molar-refractivity contribution is 5.96. The van der Waals surface area contributed by atoms with Crippen LogP contribution in [0, 0.1) is 0 Å². The lowest BCUT2D eigenvalue weighted by Crippen LogP contribution is -2.46. The number of nitrogens with one attached hydrogen (secondary N) is 1. The van der Waals surface area contributed by atoms with E-state index in [2.05, 4.69) is 5.32 Å². The zero-order valence-corrected chi connectivity index (χ0v) is 15.1. The molecule has 1 aromatic heterocycles. The highest BCUT2D eigenvalue weighted by atomic mass is 16.5. The van der Waals surface area contributed by atoms with Crippen LogP contribution in [-0.2, 0) is 4.79 Å². The summed E-state index contributed by atoms with van der Waals surface area (Å²) in [5.41, 5.74) is 1.02. The van der Waals surface area contributed by atoms with Gasteiger partial charge in [-0.2, -0.15) is 0 Å². The normalized spacial score (nSPS) is 17.8. The van der Waals surface area contributed by atoms with Crippen LogP contribution < -0.4 is 10.1 Å². The first-order chi connectivity index (χ1) is 12.6. The Morgan fingerprint density at radius 1 is 1.31 bits per heavy atom. The topological polar surface area (TPSA) is 71.8 Å². The monoisotopic (exact) mass is 356 g/mol. The van der Waals surface area contributed by atoms with Crippen molar-refractivity contribution in [3.8, 4) is 5.75 Å². The van der Waals surface area contributed by atoms with Crippen molar-refractivity contribution in [1.29, 1.82) is 0 Å². The second-order valence-electron chi connectivity index (χ2n) is 6.38. The molecule has 3 rings (SSSR count). The molecule has 1 aliphatic rings. The van der Waals surface area contributed by atoms with Crippen molar-refractivity contribution in [2.75, 3.05) is 13.7 Å². The van der Waals surface area contributed by atoms with Crippen molar-refractivity contribution in [2.45, 2.75) is 38.3 Å². The molecule has 0 spiro atoms. The summed E-state index contributed by atoms with van der Waals surface area (Å²) in [6.45, 7) is 2.59. The van der Waals surface area contributed by atoms with Gasteiger partial charge in [-0.3, -0.25) is 9.59 Å². The van der Waals surface area contributed by atoms with Gasteiger partial charge < -0.3 is 19.4 Å². The second kappa shape index (κ2) is 8.08. The third-order valence-electron chi connectivity index (χ3n) is 4.79. The standard InChI is InChI=1S/C20H24N2O4/c1-3-16(14-8-10-15(25-2)11-9-14)21-19(23)17-6-4-12-22(17)20(24)18-7-5-13-26-18/h5,7-11,13,16-17H,3-4,6,12H2,1-2H3,(H,21,23). The quantitative estimate of drug-likeness (QED) is 0.863. The van der Waals surface area contributed by atoms with E-state index in [-0.39, 0.29) is 23.6 Å². The number of nitrogens with zero attached hydrogens (tertiary/aromatic N) is 1. The Morgan fingerprint density at radius 3 is 2.69 bits per heavy atom. The number of amides is 2. The van der Waals surface area contributed by atoms with Crippen LogP contribution >= 0.6 is 0 Å². The van der Waals surface area contributed by atoms with Crippen molar-refractivity contribution in [3.05, 3.63) is 54.0 Å². The van der Waals surface area contributed by atoms with E-state index in [1.807, 2.05) is 31.2 Å². The molecule has 2 atom stereocenters. The van der Waals surface area contributed by atoms with Crippen LogP contribution in [0.2, 0.25) is 0 Å². The number of furan rings is 1. The van der Waals surface area contributed by atoms with Gasteiger partial charge >= 0.3 is 0 Å². The third-order valence-corrected chi connectivity index (χ3v) is 4.79. The Balaban J connectivity index is 1.69. The molecule has 1 aromatic carbocycles. The van der Waals surface area contributed by atoms with E-state index >= 15 is 0 Å².